The molecule has 1 fully saturated rings. The number of nitrogens with one attached hydrogen (secondary N) is 3. The van der Waals surface area contributed by atoms with Crippen LogP contribution in [-0.4, -0.2) is 46.4 Å². The third-order valence-corrected chi connectivity index (χ3v) is 7.83. The van der Waals surface area contributed by atoms with Gasteiger partial charge in [0.2, 0.25) is 11.9 Å². The SMILES string of the molecule is C=C(CN(C)c1cccc(C(=O)Nc2ccc(Nc3nccc(-c4cccnc4)n3)c(C)c2)c1)C(=O)NC1CCCCCC1. The molecule has 4 aromatic rings. The Bertz CT molecular complexity index is 1610. The average Bonchev–Trinajstić information content (AvgIpc) is 3.31. The summed E-state index contributed by atoms with van der Waals surface area (Å²) >= 11 is 0. The van der Waals surface area contributed by atoms with Crippen molar-refractivity contribution in [1.29, 1.82) is 0 Å². The van der Waals surface area contributed by atoms with Crippen LogP contribution in [0.2, 0.25) is 0 Å². The Morgan fingerprint density at radius 2 is 1.80 bits per heavy atom. The zero-order chi connectivity index (χ0) is 30.9. The number of likely N-dealkylation sites (N-methyl/N-ethyl adjacent to an activating group) is 1. The molecule has 226 valence electrons. The van der Waals surface area contributed by atoms with E-state index in [-0.39, 0.29) is 17.9 Å². The molecule has 0 spiro atoms. The van der Waals surface area contributed by atoms with Crippen LogP contribution in [-0.2, 0) is 4.79 Å². The van der Waals surface area contributed by atoms with E-state index in [1.54, 1.807) is 24.7 Å². The minimum atomic E-state index is -0.224. The molecule has 2 amide bonds. The number of nitrogens with zero attached hydrogens (tertiary/aromatic N) is 4. The van der Waals surface area contributed by atoms with E-state index < -0.39 is 0 Å². The van der Waals surface area contributed by atoms with Crippen LogP contribution in [0.25, 0.3) is 11.3 Å². The number of hydrogen-bond donors (Lipinski definition) is 3. The highest BCUT2D eigenvalue weighted by molar-refractivity contribution is 6.05. The monoisotopic (exact) mass is 589 g/mol. The Morgan fingerprint density at radius 3 is 2.55 bits per heavy atom. The first-order valence-electron chi connectivity index (χ1n) is 15.1. The summed E-state index contributed by atoms with van der Waals surface area (Å²) in [5, 5.41) is 9.42. The number of benzene rings is 2. The van der Waals surface area contributed by atoms with Gasteiger partial charge in [-0.2, -0.15) is 0 Å². The second kappa shape index (κ2) is 14.4. The highest BCUT2D eigenvalue weighted by Gasteiger charge is 2.18. The van der Waals surface area contributed by atoms with E-state index >= 15 is 0 Å². The summed E-state index contributed by atoms with van der Waals surface area (Å²) in [5.41, 5.74) is 5.95. The Kier molecular flexibility index (Phi) is 9.96. The number of amides is 2. The number of anilines is 4. The lowest BCUT2D eigenvalue weighted by Crippen LogP contribution is -2.37. The van der Waals surface area contributed by atoms with Crippen LogP contribution < -0.4 is 20.9 Å². The summed E-state index contributed by atoms with van der Waals surface area (Å²) in [4.78, 5) is 41.0. The van der Waals surface area contributed by atoms with Crippen LogP contribution in [0.1, 0.15) is 54.4 Å². The molecule has 5 rings (SSSR count). The van der Waals surface area contributed by atoms with Crippen molar-refractivity contribution >= 4 is 34.8 Å². The summed E-state index contributed by atoms with van der Waals surface area (Å²) in [6, 6.07) is 18.9. The van der Waals surface area contributed by atoms with Crippen LogP contribution in [0.3, 0.4) is 0 Å². The quantitative estimate of drug-likeness (QED) is 0.140. The summed E-state index contributed by atoms with van der Waals surface area (Å²) in [6.45, 7) is 6.36. The van der Waals surface area contributed by atoms with Crippen molar-refractivity contribution in [2.75, 3.05) is 29.1 Å². The molecule has 1 aliphatic carbocycles. The third-order valence-electron chi connectivity index (χ3n) is 7.83. The summed E-state index contributed by atoms with van der Waals surface area (Å²) < 4.78 is 0. The van der Waals surface area contributed by atoms with Gasteiger partial charge >= 0.3 is 0 Å². The molecule has 0 saturated heterocycles. The number of rotatable bonds is 10. The van der Waals surface area contributed by atoms with E-state index in [0.717, 1.165) is 53.9 Å². The summed E-state index contributed by atoms with van der Waals surface area (Å²) in [6.07, 6.45) is 12.0. The van der Waals surface area contributed by atoms with E-state index in [4.69, 9.17) is 0 Å². The van der Waals surface area contributed by atoms with Crippen molar-refractivity contribution < 1.29 is 9.59 Å². The van der Waals surface area contributed by atoms with Crippen LogP contribution in [0.4, 0.5) is 23.0 Å². The van der Waals surface area contributed by atoms with Gasteiger partial charge in [0, 0.05) is 72.0 Å². The lowest BCUT2D eigenvalue weighted by molar-refractivity contribution is -0.118. The van der Waals surface area contributed by atoms with Gasteiger partial charge in [0.15, 0.2) is 0 Å². The van der Waals surface area contributed by atoms with Gasteiger partial charge in [-0.3, -0.25) is 14.6 Å². The Morgan fingerprint density at radius 1 is 0.977 bits per heavy atom. The van der Waals surface area contributed by atoms with Crippen molar-refractivity contribution in [3.05, 3.63) is 103 Å². The minimum absolute atomic E-state index is 0.0984. The maximum atomic E-state index is 13.2. The number of hydrogen-bond acceptors (Lipinski definition) is 7. The van der Waals surface area contributed by atoms with Crippen molar-refractivity contribution in [3.8, 4) is 11.3 Å². The molecule has 3 N–H and O–H groups in total. The molecule has 9 nitrogen and oxygen atoms in total. The molecule has 9 heteroatoms. The zero-order valence-corrected chi connectivity index (χ0v) is 25.3. The second-order valence-electron chi connectivity index (χ2n) is 11.3. The Labute approximate surface area is 258 Å². The number of aromatic nitrogens is 3. The maximum Gasteiger partial charge on any atom is 0.255 e. The van der Waals surface area contributed by atoms with E-state index in [1.807, 2.05) is 73.5 Å². The fourth-order valence-electron chi connectivity index (χ4n) is 5.34. The van der Waals surface area contributed by atoms with Crippen molar-refractivity contribution in [2.24, 2.45) is 0 Å². The molecule has 1 saturated carbocycles. The molecule has 0 atom stereocenters. The average molecular weight is 590 g/mol. The van der Waals surface area contributed by atoms with Crippen LogP contribution in [0.5, 0.6) is 0 Å². The van der Waals surface area contributed by atoms with Crippen LogP contribution in [0.15, 0.2) is 91.4 Å². The van der Waals surface area contributed by atoms with Crippen LogP contribution >= 0.6 is 0 Å². The maximum absolute atomic E-state index is 13.2. The summed E-state index contributed by atoms with van der Waals surface area (Å²) in [7, 11) is 1.90. The first-order valence-corrected chi connectivity index (χ1v) is 15.1. The molecule has 2 aromatic carbocycles. The van der Waals surface area contributed by atoms with Gasteiger partial charge in [-0.15, -0.1) is 0 Å². The van der Waals surface area contributed by atoms with Crippen molar-refractivity contribution in [1.82, 2.24) is 20.3 Å². The number of carbonyl (C=O) groups excluding carboxylic acids is 2. The lowest BCUT2D eigenvalue weighted by atomic mass is 10.1. The van der Waals surface area contributed by atoms with Crippen molar-refractivity contribution in [3.63, 3.8) is 0 Å². The molecular formula is C35H39N7O2. The smallest absolute Gasteiger partial charge is 0.255 e. The molecule has 0 unspecified atom stereocenters. The first-order chi connectivity index (χ1) is 21.4. The molecule has 2 aromatic heterocycles. The third kappa shape index (κ3) is 8.06. The minimum Gasteiger partial charge on any atom is -0.370 e. The number of aryl methyl sites for hydroxylation is 1. The predicted molar refractivity (Wildman–Crippen MR) is 176 cm³/mol. The fraction of sp³-hybridized carbons (Fsp3) is 0.286. The zero-order valence-electron chi connectivity index (χ0n) is 25.3. The van der Waals surface area contributed by atoms with E-state index in [1.165, 1.54) is 12.8 Å². The largest absolute Gasteiger partial charge is 0.370 e. The molecule has 0 radical (unpaired) electrons. The van der Waals surface area contributed by atoms with Gasteiger partial charge in [-0.1, -0.05) is 38.3 Å². The highest BCUT2D eigenvalue weighted by Crippen LogP contribution is 2.25. The molecule has 44 heavy (non-hydrogen) atoms. The van der Waals surface area contributed by atoms with Gasteiger partial charge < -0.3 is 20.9 Å². The molecular weight excluding hydrogens is 550 g/mol. The van der Waals surface area contributed by atoms with E-state index in [9.17, 15) is 9.59 Å². The Balaban J connectivity index is 1.18. The first kappa shape index (κ1) is 30.4. The normalized spacial score (nSPS) is 13.4. The number of pyridine rings is 1. The lowest BCUT2D eigenvalue weighted by Gasteiger charge is -2.22. The predicted octanol–water partition coefficient (Wildman–Crippen LogP) is 6.67. The Hall–Kier alpha value is -5.05. The van der Waals surface area contributed by atoms with Crippen LogP contribution in [0, 0.1) is 6.92 Å². The topological polar surface area (TPSA) is 112 Å². The van der Waals surface area contributed by atoms with Gasteiger partial charge in [-0.25, -0.2) is 9.97 Å². The molecule has 1 aliphatic rings. The summed E-state index contributed by atoms with van der Waals surface area (Å²) in [5.74, 6) is 0.147. The second-order valence-corrected chi connectivity index (χ2v) is 11.3. The van der Waals surface area contributed by atoms with Gasteiger partial charge in [0.1, 0.15) is 0 Å². The molecule has 0 bridgehead atoms. The van der Waals surface area contributed by atoms with E-state index in [0.29, 0.717) is 29.3 Å². The van der Waals surface area contributed by atoms with Crippen molar-refractivity contribution in [2.45, 2.75) is 51.5 Å². The van der Waals surface area contributed by atoms with Gasteiger partial charge in [0.05, 0.1) is 5.69 Å². The van der Waals surface area contributed by atoms with E-state index in [2.05, 4.69) is 37.5 Å². The number of carbonyl (C=O) groups is 2. The molecule has 2 heterocycles. The molecule has 0 aliphatic heterocycles. The van der Waals surface area contributed by atoms with Gasteiger partial charge in [0.25, 0.3) is 5.91 Å². The standard InChI is InChI=1S/C35H39N7O2/c1-24-20-29(15-16-31(24)40-35-37-19-17-32(41-35)27-11-9-18-36-22-27)39-34(44)26-10-8-14-30(21-26)42(3)23-25(2)33(43)38-28-12-6-4-5-7-13-28/h8-11,14-22,28H,2,4-7,12-13,23H2,1,3H3,(H,38,43)(H,39,44)(H,37,40,41). The van der Waals surface area contributed by atoms with Gasteiger partial charge in [-0.05, 0) is 79.9 Å². The fourth-order valence-corrected chi connectivity index (χ4v) is 5.34. The highest BCUT2D eigenvalue weighted by atomic mass is 16.2.